The van der Waals surface area contributed by atoms with E-state index in [2.05, 4.69) is 27.8 Å². The van der Waals surface area contributed by atoms with Gasteiger partial charge < -0.3 is 69.6 Å². The van der Waals surface area contributed by atoms with Gasteiger partial charge in [-0.1, -0.05) is 102 Å². The minimum atomic E-state index is -2.08. The zero-order chi connectivity index (χ0) is 79.9. The first-order chi connectivity index (χ1) is 51.4. The van der Waals surface area contributed by atoms with Gasteiger partial charge in [0.1, 0.15) is 66.4 Å². The number of ether oxygens (including phenoxy) is 9. The van der Waals surface area contributed by atoms with Crippen LogP contribution in [0.1, 0.15) is 165 Å². The third kappa shape index (κ3) is 19.4. The number of benzene rings is 5. The average molecular weight is 1540 g/mol. The molecule has 6 amide bonds. The number of nitrogens with zero attached hydrogens (tertiary/aromatic N) is 1. The van der Waals surface area contributed by atoms with Crippen molar-refractivity contribution in [3.05, 3.63) is 135 Å². The standard InChI is InChI=1S/C79H88Cl2N6O22/c1-15-22-101-79(100)87(14)56(23-35(2)3)76(98)86-71-57(93)29-50(32-66(82)95)74(96)85-70-49-30-63(73(109-78-39(7)37(5)38(6)65(108-78)34-102-42(10)89)64(31-49)107-61-21-18-48(28-55(61)81)72(71)105-45(13)92)106-60-20-16-46(27-54(60)80)40(8)68-77(99)84-69(41(9)88)53-24-36(4)25-62(104-44(12)91)67(53)52-26-47(17-19-59(52)103-43(11)90)51(33-58(70)94)75(97)83-68/h15-21,24-28,30-31,35,37-40,50-51,56,65,68-72,78H,1,22-23,29,32-34H2,2-14H3,(H2,82,95)(H,83,97)(H,84,99)(H,85,96)(H,86,98)/t37?,38?,39?,40-,50+,51-,56-,65?,68-,69-,70-,71+,72-,78?/m1/s1. The fraction of sp³-hybridized carbons (Fsp3) is 0.430. The topological polar surface area (TPSA) is 382 Å². The van der Waals surface area contributed by atoms with E-state index in [1.807, 2.05) is 20.8 Å². The Morgan fingerprint density at radius 3 is 1.89 bits per heavy atom. The minimum Gasteiger partial charge on any atom is -0.463 e. The number of carbonyl (C=O) groups is 13. The van der Waals surface area contributed by atoms with Crippen molar-refractivity contribution < 1.29 is 105 Å². The molecule has 6 aliphatic heterocycles. The molecular formula is C79H88Cl2N6O22. The number of aryl methyl sites for hydroxylation is 1. The number of likely N-dealkylation sites (N-methyl/N-ethyl adjacent to an activating group) is 1. The van der Waals surface area contributed by atoms with Gasteiger partial charge in [0, 0.05) is 77.0 Å². The van der Waals surface area contributed by atoms with Crippen LogP contribution in [0.5, 0.6) is 40.2 Å². The molecule has 0 aliphatic carbocycles. The maximum atomic E-state index is 16.6. The molecule has 1 fully saturated rings. The van der Waals surface area contributed by atoms with E-state index in [0.29, 0.717) is 11.1 Å². The number of primary amides is 1. The summed E-state index contributed by atoms with van der Waals surface area (Å²) in [6.45, 7) is 21.3. The Bertz CT molecular complexity index is 4480. The van der Waals surface area contributed by atoms with Gasteiger partial charge >= 0.3 is 30.0 Å². The molecule has 6 aliphatic rings. The molecular weight excluding hydrogens is 1460 g/mol. The van der Waals surface area contributed by atoms with Gasteiger partial charge in [-0.2, -0.15) is 0 Å². The maximum Gasteiger partial charge on any atom is 0.410 e. The summed E-state index contributed by atoms with van der Waals surface area (Å²) in [7, 11) is 1.29. The molecule has 0 saturated carbocycles. The molecule has 5 aromatic carbocycles. The van der Waals surface area contributed by atoms with Crippen molar-refractivity contribution in [1.82, 2.24) is 26.2 Å². The van der Waals surface area contributed by atoms with E-state index in [1.165, 1.54) is 93.7 Å². The van der Waals surface area contributed by atoms with Crippen LogP contribution in [0, 0.1) is 36.5 Å². The van der Waals surface area contributed by atoms with Gasteiger partial charge in [-0.05, 0) is 126 Å². The molecule has 6 heterocycles. The number of hydrogen-bond donors (Lipinski definition) is 5. The van der Waals surface area contributed by atoms with Gasteiger partial charge in [-0.15, -0.1) is 0 Å². The quantitative estimate of drug-likeness (QED) is 0.0250. The number of carbonyl (C=O) groups excluding carboxylic acids is 13. The molecule has 109 heavy (non-hydrogen) atoms. The summed E-state index contributed by atoms with van der Waals surface area (Å²) in [5, 5.41) is 10.7. The summed E-state index contributed by atoms with van der Waals surface area (Å²) in [5.41, 5.74) is 6.31. The van der Waals surface area contributed by atoms with E-state index >= 15 is 24.0 Å². The zero-order valence-electron chi connectivity index (χ0n) is 62.5. The number of rotatable bonds is 17. The third-order valence-corrected chi connectivity index (χ3v) is 20.3. The van der Waals surface area contributed by atoms with Crippen molar-refractivity contribution in [2.45, 2.75) is 169 Å². The number of esters is 4. The highest BCUT2D eigenvalue weighted by Gasteiger charge is 2.46. The van der Waals surface area contributed by atoms with Gasteiger partial charge in [0.15, 0.2) is 35.0 Å². The molecule has 0 radical (unpaired) electrons. The molecule has 6 N–H and O–H groups in total. The van der Waals surface area contributed by atoms with Crippen LogP contribution in [0.2, 0.25) is 10.0 Å². The van der Waals surface area contributed by atoms with E-state index in [9.17, 15) is 38.4 Å². The van der Waals surface area contributed by atoms with Crippen LogP contribution < -0.4 is 50.7 Å². The predicted molar refractivity (Wildman–Crippen MR) is 393 cm³/mol. The van der Waals surface area contributed by atoms with Crippen LogP contribution in [0.3, 0.4) is 0 Å². The fourth-order valence-corrected chi connectivity index (χ4v) is 14.2. The number of halogens is 2. The van der Waals surface area contributed by atoms with E-state index in [-0.39, 0.29) is 121 Å². The Morgan fingerprint density at radius 2 is 1.30 bits per heavy atom. The highest BCUT2D eigenvalue weighted by molar-refractivity contribution is 6.32. The summed E-state index contributed by atoms with van der Waals surface area (Å²) in [4.78, 5) is 189. The van der Waals surface area contributed by atoms with Crippen molar-refractivity contribution in [3.63, 3.8) is 0 Å². The number of ketones is 3. The molecule has 28 nitrogen and oxygen atoms in total. The summed E-state index contributed by atoms with van der Waals surface area (Å²) >= 11 is 14.6. The van der Waals surface area contributed by atoms with Crippen molar-refractivity contribution in [2.24, 2.45) is 35.3 Å². The van der Waals surface area contributed by atoms with Crippen LogP contribution in [0.4, 0.5) is 4.79 Å². The summed E-state index contributed by atoms with van der Waals surface area (Å²) in [5.74, 6) is -18.8. The zero-order valence-corrected chi connectivity index (χ0v) is 64.0. The van der Waals surface area contributed by atoms with Crippen molar-refractivity contribution in [3.8, 4) is 51.4 Å². The van der Waals surface area contributed by atoms with E-state index in [4.69, 9.17) is 71.6 Å². The van der Waals surface area contributed by atoms with Crippen molar-refractivity contribution >= 4 is 100 Å². The Balaban J connectivity index is 1.36. The number of fused-ring (bicyclic) bond motifs is 15. The molecule has 11 bridgehead atoms. The van der Waals surface area contributed by atoms with Gasteiger partial charge in [-0.3, -0.25) is 62.4 Å². The normalized spacial score (nSPS) is 23.6. The van der Waals surface area contributed by atoms with Gasteiger partial charge in [-0.25, -0.2) is 4.79 Å². The second-order valence-electron chi connectivity index (χ2n) is 28.3. The van der Waals surface area contributed by atoms with Gasteiger partial charge in [0.05, 0.1) is 28.0 Å². The molecule has 5 aromatic rings. The lowest BCUT2D eigenvalue weighted by Gasteiger charge is -2.43. The Kier molecular flexibility index (Phi) is 26.5. The molecule has 0 spiro atoms. The number of Topliss-reactive ketones (excluding diaryl/α,β-unsaturated/α-hetero) is 3. The lowest BCUT2D eigenvalue weighted by atomic mass is 9.79. The minimum absolute atomic E-state index is 0.0219. The molecule has 5 unspecified atom stereocenters. The lowest BCUT2D eigenvalue weighted by Crippen LogP contribution is -2.55. The van der Waals surface area contributed by atoms with Crippen LogP contribution >= 0.6 is 23.2 Å². The Labute approximate surface area is 639 Å². The van der Waals surface area contributed by atoms with Gasteiger partial charge in [0.2, 0.25) is 41.6 Å². The summed E-state index contributed by atoms with van der Waals surface area (Å²) in [6, 6.07) is 9.37. The van der Waals surface area contributed by atoms with E-state index < -0.39 is 168 Å². The van der Waals surface area contributed by atoms with Crippen LogP contribution in [-0.2, 0) is 76.5 Å². The predicted octanol–water partition coefficient (Wildman–Crippen LogP) is 10.5. The second kappa shape index (κ2) is 35.1. The molecule has 0 aromatic heterocycles. The van der Waals surface area contributed by atoms with Gasteiger partial charge in [0.25, 0.3) is 0 Å². The number of nitrogens with two attached hydrogens (primary N) is 1. The molecule has 11 rings (SSSR count). The smallest absolute Gasteiger partial charge is 0.410 e. The monoisotopic (exact) mass is 1540 g/mol. The number of amides is 6. The first-order valence-electron chi connectivity index (χ1n) is 35.4. The first kappa shape index (κ1) is 82.3. The number of nitrogens with one attached hydrogen (secondary N) is 4. The largest absolute Gasteiger partial charge is 0.463 e. The summed E-state index contributed by atoms with van der Waals surface area (Å²) in [6.07, 6.45) is -6.40. The number of hydrogen-bond acceptors (Lipinski definition) is 22. The SMILES string of the molecule is C=CCOC(=O)N(C)[C@H](CC(C)C)C(=O)N[C@H]1C(=O)C[C@@H](CC(N)=O)C(=O)N[C@H]2C(=O)C[C@H]3C(=O)N[C@@H](C(=O)N[C@H](C(C)=O)c4cc(C)cc(OC(C)=O)c4-c4cc3ccc4OC(C)=O)[C@H](C)c3ccc(c(Cl)c3)Oc3cc2cc(c3OC2OC(COC(C)=O)C(C)C(C)C2C)Oc2ccc(cc2Cl)[C@H]1OC(C)=O. The second-order valence-corrected chi connectivity index (χ2v) is 29.1. The van der Waals surface area contributed by atoms with Crippen molar-refractivity contribution in [1.29, 1.82) is 0 Å². The third-order valence-electron chi connectivity index (χ3n) is 19.7. The molecule has 580 valence electrons. The molecule has 14 atom stereocenters. The van der Waals surface area contributed by atoms with Crippen molar-refractivity contribution in [2.75, 3.05) is 20.3 Å². The molecule has 30 heteroatoms. The maximum absolute atomic E-state index is 16.6. The van der Waals surface area contributed by atoms with Crippen LogP contribution in [-0.4, -0.2) is 133 Å². The first-order valence-corrected chi connectivity index (χ1v) is 36.2. The molecule has 1 saturated heterocycles. The van der Waals surface area contributed by atoms with E-state index in [0.717, 1.165) is 25.7 Å². The lowest BCUT2D eigenvalue weighted by molar-refractivity contribution is -0.223. The highest BCUT2D eigenvalue weighted by atomic mass is 35.5. The van der Waals surface area contributed by atoms with Crippen LogP contribution in [0.15, 0.2) is 91.5 Å². The van der Waals surface area contributed by atoms with E-state index in [1.54, 1.807) is 39.8 Å². The van der Waals surface area contributed by atoms with Crippen LogP contribution in [0.25, 0.3) is 11.1 Å². The Morgan fingerprint density at radius 1 is 0.679 bits per heavy atom. The summed E-state index contributed by atoms with van der Waals surface area (Å²) < 4.78 is 55.8. The average Bonchev–Trinajstić information content (AvgIpc) is 0.761. The Hall–Kier alpha value is -10.7. The highest BCUT2D eigenvalue weighted by Crippen LogP contribution is 2.51. The fourth-order valence-electron chi connectivity index (χ4n) is 13.8.